The van der Waals surface area contributed by atoms with Crippen molar-refractivity contribution < 1.29 is 17.9 Å². The van der Waals surface area contributed by atoms with Gasteiger partial charge in [-0.1, -0.05) is 38.5 Å². The number of hydrogen-bond acceptors (Lipinski definition) is 4. The van der Waals surface area contributed by atoms with Crippen molar-refractivity contribution in [2.75, 3.05) is 20.2 Å². The standard InChI is InChI=1S/C24H32N2O4S/c1-18(2)16-23(19-10-12-21(30-3)13-11-19)25-24(27)20-8-7-9-22(17-20)31(28,29)26-14-5-4-6-15-26/h7-13,17-18,23H,4-6,14-16H2,1-3H3,(H,25,27)/t23-/m0/s1. The number of hydrogen-bond donors (Lipinski definition) is 1. The number of methoxy groups -OCH3 is 1. The van der Waals surface area contributed by atoms with Crippen molar-refractivity contribution in [3.63, 3.8) is 0 Å². The molecule has 1 aliphatic rings. The first-order valence-corrected chi connectivity index (χ1v) is 12.3. The van der Waals surface area contributed by atoms with Crippen LogP contribution in [0.25, 0.3) is 0 Å². The molecule has 1 saturated heterocycles. The lowest BCUT2D eigenvalue weighted by Gasteiger charge is -2.26. The molecule has 0 spiro atoms. The van der Waals surface area contributed by atoms with Gasteiger partial charge in [-0.25, -0.2) is 8.42 Å². The molecule has 0 radical (unpaired) electrons. The molecule has 6 nitrogen and oxygen atoms in total. The normalized spacial score (nSPS) is 16.1. The van der Waals surface area contributed by atoms with Gasteiger partial charge in [0.2, 0.25) is 10.0 Å². The van der Waals surface area contributed by atoms with Crippen molar-refractivity contribution in [1.29, 1.82) is 0 Å². The fraction of sp³-hybridized carbons (Fsp3) is 0.458. The number of rotatable bonds is 8. The van der Waals surface area contributed by atoms with Crippen LogP contribution in [-0.4, -0.2) is 38.8 Å². The molecule has 1 atom stereocenters. The summed E-state index contributed by atoms with van der Waals surface area (Å²) in [5.74, 6) is 0.851. The van der Waals surface area contributed by atoms with Crippen LogP contribution in [0.2, 0.25) is 0 Å². The number of carbonyl (C=O) groups is 1. The minimum atomic E-state index is -3.59. The molecule has 2 aromatic rings. The van der Waals surface area contributed by atoms with Crippen LogP contribution in [0.5, 0.6) is 5.75 Å². The number of ether oxygens (including phenoxy) is 1. The first kappa shape index (κ1) is 23.3. The van der Waals surface area contributed by atoms with Crippen LogP contribution in [0.1, 0.15) is 61.5 Å². The van der Waals surface area contributed by atoms with Crippen molar-refractivity contribution in [1.82, 2.24) is 9.62 Å². The first-order valence-electron chi connectivity index (χ1n) is 10.9. The average Bonchev–Trinajstić information content (AvgIpc) is 2.79. The number of nitrogens with one attached hydrogen (secondary N) is 1. The highest BCUT2D eigenvalue weighted by atomic mass is 32.2. The zero-order valence-electron chi connectivity index (χ0n) is 18.5. The van der Waals surface area contributed by atoms with Gasteiger partial charge < -0.3 is 10.1 Å². The van der Waals surface area contributed by atoms with E-state index in [-0.39, 0.29) is 16.8 Å². The molecule has 2 aromatic carbocycles. The van der Waals surface area contributed by atoms with E-state index in [1.165, 1.54) is 10.4 Å². The summed E-state index contributed by atoms with van der Waals surface area (Å²) in [4.78, 5) is 13.2. The third-order valence-corrected chi connectivity index (χ3v) is 7.47. The van der Waals surface area contributed by atoms with Crippen LogP contribution in [-0.2, 0) is 10.0 Å². The van der Waals surface area contributed by atoms with E-state index >= 15 is 0 Å². The van der Waals surface area contributed by atoms with Gasteiger partial charge in [0.25, 0.3) is 5.91 Å². The second-order valence-electron chi connectivity index (χ2n) is 8.42. The molecule has 0 unspecified atom stereocenters. The Morgan fingerprint density at radius 2 is 1.74 bits per heavy atom. The second-order valence-corrected chi connectivity index (χ2v) is 10.4. The van der Waals surface area contributed by atoms with Crippen molar-refractivity contribution in [3.05, 3.63) is 59.7 Å². The van der Waals surface area contributed by atoms with Crippen LogP contribution >= 0.6 is 0 Å². The molecule has 1 amide bonds. The summed E-state index contributed by atoms with van der Waals surface area (Å²) in [7, 11) is -1.97. The van der Waals surface area contributed by atoms with Crippen molar-refractivity contribution in [2.24, 2.45) is 5.92 Å². The fourth-order valence-electron chi connectivity index (χ4n) is 3.88. The van der Waals surface area contributed by atoms with Gasteiger partial charge in [-0.15, -0.1) is 0 Å². The number of carbonyl (C=O) groups excluding carboxylic acids is 1. The van der Waals surface area contributed by atoms with Gasteiger partial charge in [-0.2, -0.15) is 4.31 Å². The van der Waals surface area contributed by atoms with Crippen molar-refractivity contribution in [2.45, 2.75) is 50.5 Å². The van der Waals surface area contributed by atoms with Crippen LogP contribution < -0.4 is 10.1 Å². The summed E-state index contributed by atoms with van der Waals surface area (Å²) < 4.78 is 32.7. The van der Waals surface area contributed by atoms with E-state index in [9.17, 15) is 13.2 Å². The Morgan fingerprint density at radius 3 is 2.35 bits per heavy atom. The largest absolute Gasteiger partial charge is 0.497 e. The summed E-state index contributed by atoms with van der Waals surface area (Å²) in [6.07, 6.45) is 3.57. The summed E-state index contributed by atoms with van der Waals surface area (Å²) in [5.41, 5.74) is 1.33. The van der Waals surface area contributed by atoms with E-state index in [4.69, 9.17) is 4.74 Å². The maximum Gasteiger partial charge on any atom is 0.251 e. The lowest BCUT2D eigenvalue weighted by atomic mass is 9.96. The van der Waals surface area contributed by atoms with E-state index in [1.807, 2.05) is 24.3 Å². The minimum absolute atomic E-state index is 0.173. The highest BCUT2D eigenvalue weighted by Crippen LogP contribution is 2.25. The van der Waals surface area contributed by atoms with Gasteiger partial charge in [0.15, 0.2) is 0 Å². The number of nitrogens with zero attached hydrogens (tertiary/aromatic N) is 1. The predicted octanol–water partition coefficient (Wildman–Crippen LogP) is 4.39. The van der Waals surface area contributed by atoms with E-state index in [0.717, 1.165) is 37.0 Å². The molecule has 0 saturated carbocycles. The van der Waals surface area contributed by atoms with Crippen molar-refractivity contribution in [3.8, 4) is 5.75 Å². The summed E-state index contributed by atoms with van der Waals surface area (Å²) in [6.45, 7) is 5.28. The third-order valence-electron chi connectivity index (χ3n) is 5.58. The Balaban J connectivity index is 1.81. The van der Waals surface area contributed by atoms with Crippen LogP contribution in [0.15, 0.2) is 53.4 Å². The molecule has 7 heteroatoms. The zero-order valence-corrected chi connectivity index (χ0v) is 19.3. The quantitative estimate of drug-likeness (QED) is 0.655. The van der Waals surface area contributed by atoms with Crippen LogP contribution in [0, 0.1) is 5.92 Å². The molecule has 31 heavy (non-hydrogen) atoms. The van der Waals surface area contributed by atoms with E-state index < -0.39 is 10.0 Å². The molecule has 1 fully saturated rings. The SMILES string of the molecule is COc1ccc([C@H](CC(C)C)NC(=O)c2cccc(S(=O)(=O)N3CCCCC3)c2)cc1. The monoisotopic (exact) mass is 444 g/mol. The van der Waals surface area contributed by atoms with Crippen LogP contribution in [0.3, 0.4) is 0 Å². The maximum atomic E-state index is 13.0. The number of amides is 1. The topological polar surface area (TPSA) is 75.7 Å². The maximum absolute atomic E-state index is 13.0. The number of sulfonamides is 1. The van der Waals surface area contributed by atoms with Gasteiger partial charge in [-0.05, 0) is 61.1 Å². The second kappa shape index (κ2) is 10.3. The lowest BCUT2D eigenvalue weighted by molar-refractivity contribution is 0.0931. The average molecular weight is 445 g/mol. The lowest BCUT2D eigenvalue weighted by Crippen LogP contribution is -2.35. The highest BCUT2D eigenvalue weighted by Gasteiger charge is 2.27. The van der Waals surface area contributed by atoms with Gasteiger partial charge in [0.05, 0.1) is 18.0 Å². The molecular formula is C24H32N2O4S. The number of piperidine rings is 1. The summed E-state index contributed by atoms with van der Waals surface area (Å²) in [6, 6.07) is 13.8. The molecule has 0 aromatic heterocycles. The van der Waals surface area contributed by atoms with Crippen LogP contribution in [0.4, 0.5) is 0 Å². The molecule has 0 aliphatic carbocycles. The third kappa shape index (κ3) is 5.86. The van der Waals surface area contributed by atoms with Gasteiger partial charge >= 0.3 is 0 Å². The Labute approximate surface area is 185 Å². The molecule has 1 N–H and O–H groups in total. The molecular weight excluding hydrogens is 412 g/mol. The van der Waals surface area contributed by atoms with Gasteiger partial charge in [-0.3, -0.25) is 4.79 Å². The minimum Gasteiger partial charge on any atom is -0.497 e. The molecule has 1 heterocycles. The first-order chi connectivity index (χ1) is 14.8. The van der Waals surface area contributed by atoms with E-state index in [1.54, 1.807) is 25.3 Å². The molecule has 1 aliphatic heterocycles. The highest BCUT2D eigenvalue weighted by molar-refractivity contribution is 7.89. The Hall–Kier alpha value is -2.38. The Morgan fingerprint density at radius 1 is 1.06 bits per heavy atom. The van der Waals surface area contributed by atoms with E-state index in [0.29, 0.717) is 24.6 Å². The van der Waals surface area contributed by atoms with Gasteiger partial charge in [0.1, 0.15) is 5.75 Å². The zero-order chi connectivity index (χ0) is 22.4. The Bertz CT molecular complexity index is 981. The Kier molecular flexibility index (Phi) is 7.73. The molecule has 168 valence electrons. The molecule has 3 rings (SSSR count). The predicted molar refractivity (Wildman–Crippen MR) is 122 cm³/mol. The smallest absolute Gasteiger partial charge is 0.251 e. The van der Waals surface area contributed by atoms with Crippen molar-refractivity contribution >= 4 is 15.9 Å². The number of benzene rings is 2. The fourth-order valence-corrected chi connectivity index (χ4v) is 5.44. The molecule has 0 bridgehead atoms. The summed E-state index contributed by atoms with van der Waals surface area (Å²) >= 11 is 0. The summed E-state index contributed by atoms with van der Waals surface area (Å²) in [5, 5.41) is 3.09. The van der Waals surface area contributed by atoms with E-state index in [2.05, 4.69) is 19.2 Å². The van der Waals surface area contributed by atoms with Gasteiger partial charge in [0, 0.05) is 18.7 Å².